The molecule has 22 heavy (non-hydrogen) atoms. The van der Waals surface area contributed by atoms with Gasteiger partial charge in [0.2, 0.25) is 5.88 Å². The summed E-state index contributed by atoms with van der Waals surface area (Å²) in [4.78, 5) is 32.5. The van der Waals surface area contributed by atoms with Gasteiger partial charge in [-0.15, -0.1) is 0 Å². The van der Waals surface area contributed by atoms with Crippen LogP contribution in [-0.4, -0.2) is 25.4 Å². The van der Waals surface area contributed by atoms with E-state index in [1.165, 1.54) is 6.21 Å². The van der Waals surface area contributed by atoms with Crippen molar-refractivity contribution >= 4 is 12.0 Å². The molecular weight excluding hydrogens is 284 g/mol. The third-order valence-corrected chi connectivity index (χ3v) is 3.29. The second-order valence-electron chi connectivity index (χ2n) is 4.77. The van der Waals surface area contributed by atoms with Gasteiger partial charge in [0, 0.05) is 25.5 Å². The number of pyridine rings is 1. The van der Waals surface area contributed by atoms with E-state index in [4.69, 9.17) is 0 Å². The molecule has 0 saturated heterocycles. The van der Waals surface area contributed by atoms with Crippen LogP contribution in [0.25, 0.3) is 0 Å². The lowest BCUT2D eigenvalue weighted by Crippen LogP contribution is -2.41. The highest BCUT2D eigenvalue weighted by molar-refractivity contribution is 5.83. The molecule has 0 bridgehead atoms. The molecule has 2 aromatic heterocycles. The van der Waals surface area contributed by atoms with Gasteiger partial charge < -0.3 is 5.11 Å². The van der Waals surface area contributed by atoms with Crippen LogP contribution in [-0.2, 0) is 13.1 Å². The smallest absolute Gasteiger partial charge is 0.333 e. The summed E-state index contributed by atoms with van der Waals surface area (Å²) < 4.78 is 2.20. The molecule has 0 aromatic carbocycles. The summed E-state index contributed by atoms with van der Waals surface area (Å²) in [6.45, 7) is 5.80. The molecule has 0 fully saturated rings. The van der Waals surface area contributed by atoms with Gasteiger partial charge in [0.15, 0.2) is 5.82 Å². The number of aryl methyl sites for hydroxylation is 1. The van der Waals surface area contributed by atoms with E-state index in [2.05, 4.69) is 9.98 Å². The summed E-state index contributed by atoms with van der Waals surface area (Å²) >= 11 is 0. The lowest BCUT2D eigenvalue weighted by molar-refractivity contribution is 0.394. The molecule has 7 heteroatoms. The number of hydrogen-bond acceptors (Lipinski definition) is 5. The van der Waals surface area contributed by atoms with Gasteiger partial charge in [-0.3, -0.25) is 13.9 Å². The first kappa shape index (κ1) is 15.7. The maximum absolute atomic E-state index is 12.3. The molecule has 1 N–H and O–H groups in total. The van der Waals surface area contributed by atoms with Gasteiger partial charge in [-0.1, -0.05) is 6.07 Å². The van der Waals surface area contributed by atoms with Crippen LogP contribution in [0.15, 0.2) is 32.9 Å². The number of hydrogen-bond donors (Lipinski definition) is 1. The third-order valence-electron chi connectivity index (χ3n) is 3.29. The summed E-state index contributed by atoms with van der Waals surface area (Å²) in [6.07, 6.45) is 2.90. The van der Waals surface area contributed by atoms with Crippen LogP contribution >= 0.6 is 0 Å². The molecule has 116 valence electrons. The van der Waals surface area contributed by atoms with Crippen LogP contribution in [0.2, 0.25) is 0 Å². The first-order chi connectivity index (χ1) is 10.5. The van der Waals surface area contributed by atoms with E-state index in [0.717, 1.165) is 14.7 Å². The Kier molecular flexibility index (Phi) is 4.55. The van der Waals surface area contributed by atoms with Gasteiger partial charge in [-0.2, -0.15) is 0 Å². The van der Waals surface area contributed by atoms with E-state index in [1.807, 2.05) is 13.0 Å². The molecule has 0 atom stereocenters. The van der Waals surface area contributed by atoms with Crippen LogP contribution in [0.4, 0.5) is 5.82 Å². The van der Waals surface area contributed by atoms with Crippen LogP contribution in [0.3, 0.4) is 0 Å². The average Bonchev–Trinajstić information content (AvgIpc) is 2.50. The van der Waals surface area contributed by atoms with Gasteiger partial charge in [-0.25, -0.2) is 14.8 Å². The van der Waals surface area contributed by atoms with Crippen molar-refractivity contribution in [3.05, 3.63) is 50.3 Å². The fourth-order valence-electron chi connectivity index (χ4n) is 2.05. The Morgan fingerprint density at radius 3 is 2.45 bits per heavy atom. The highest BCUT2D eigenvalue weighted by atomic mass is 16.3. The van der Waals surface area contributed by atoms with Crippen LogP contribution < -0.4 is 11.2 Å². The fraction of sp³-hybridized carbons (Fsp3) is 0.333. The van der Waals surface area contributed by atoms with E-state index >= 15 is 0 Å². The van der Waals surface area contributed by atoms with E-state index in [1.54, 1.807) is 26.1 Å². The van der Waals surface area contributed by atoms with Crippen molar-refractivity contribution in [1.82, 2.24) is 14.1 Å². The van der Waals surface area contributed by atoms with Crippen LogP contribution in [0, 0.1) is 6.92 Å². The van der Waals surface area contributed by atoms with Crippen molar-refractivity contribution in [1.29, 1.82) is 0 Å². The van der Waals surface area contributed by atoms with Crippen molar-refractivity contribution in [2.24, 2.45) is 4.99 Å². The summed E-state index contributed by atoms with van der Waals surface area (Å²) in [5.41, 5.74) is -0.121. The second-order valence-corrected chi connectivity index (χ2v) is 4.77. The molecule has 0 radical (unpaired) electrons. The van der Waals surface area contributed by atoms with E-state index in [-0.39, 0.29) is 24.5 Å². The lowest BCUT2D eigenvalue weighted by atomic mass is 10.3. The number of aromatic hydroxyl groups is 1. The molecule has 0 amide bonds. The minimum absolute atomic E-state index is 0.0225. The average molecular weight is 302 g/mol. The number of aromatic nitrogens is 3. The van der Waals surface area contributed by atoms with Crippen molar-refractivity contribution < 1.29 is 5.11 Å². The Bertz CT molecular complexity index is 816. The Balaban J connectivity index is 2.58. The summed E-state index contributed by atoms with van der Waals surface area (Å²) in [5.74, 6) is 0.0414. The van der Waals surface area contributed by atoms with Crippen molar-refractivity contribution in [3.8, 4) is 5.88 Å². The number of nitrogens with zero attached hydrogens (tertiary/aromatic N) is 4. The molecule has 2 heterocycles. The highest BCUT2D eigenvalue weighted by Crippen LogP contribution is 2.11. The molecule has 0 saturated carbocycles. The molecule has 7 nitrogen and oxygen atoms in total. The predicted molar refractivity (Wildman–Crippen MR) is 84.2 cm³/mol. The SMILES string of the molecule is CCn1c(O)c(C=Nc2ccc(C)cn2)c(=O)n(CC)c1=O. The normalized spacial score (nSPS) is 11.2. The van der Waals surface area contributed by atoms with Gasteiger partial charge >= 0.3 is 5.69 Å². The summed E-state index contributed by atoms with van der Waals surface area (Å²) in [5, 5.41) is 10.1. The summed E-state index contributed by atoms with van der Waals surface area (Å²) in [7, 11) is 0. The van der Waals surface area contributed by atoms with Crippen LogP contribution in [0.5, 0.6) is 5.88 Å². The first-order valence-electron chi connectivity index (χ1n) is 7.02. The Morgan fingerprint density at radius 1 is 1.23 bits per heavy atom. The van der Waals surface area contributed by atoms with Gasteiger partial charge in [0.1, 0.15) is 5.56 Å². The third kappa shape index (κ3) is 2.83. The molecule has 0 unspecified atom stereocenters. The Morgan fingerprint density at radius 2 is 1.91 bits per heavy atom. The topological polar surface area (TPSA) is 89.5 Å². The molecule has 2 rings (SSSR count). The predicted octanol–water partition coefficient (Wildman–Crippen LogP) is 1.21. The molecule has 0 spiro atoms. The fourth-order valence-corrected chi connectivity index (χ4v) is 2.05. The zero-order valence-corrected chi connectivity index (χ0v) is 12.8. The van der Waals surface area contributed by atoms with Gasteiger partial charge in [-0.05, 0) is 32.4 Å². The lowest BCUT2D eigenvalue weighted by Gasteiger charge is -2.11. The Labute approximate surface area is 127 Å². The summed E-state index contributed by atoms with van der Waals surface area (Å²) in [6, 6.07) is 3.55. The van der Waals surface area contributed by atoms with Crippen molar-refractivity contribution in [2.75, 3.05) is 0 Å². The molecule has 0 aliphatic carbocycles. The quantitative estimate of drug-likeness (QED) is 0.860. The molecule has 0 aliphatic rings. The zero-order chi connectivity index (χ0) is 16.3. The van der Waals surface area contributed by atoms with E-state index < -0.39 is 11.2 Å². The van der Waals surface area contributed by atoms with Gasteiger partial charge in [0.25, 0.3) is 5.56 Å². The van der Waals surface area contributed by atoms with Gasteiger partial charge in [0.05, 0.1) is 0 Å². The van der Waals surface area contributed by atoms with E-state index in [0.29, 0.717) is 5.82 Å². The maximum atomic E-state index is 12.3. The largest absolute Gasteiger partial charge is 0.494 e. The van der Waals surface area contributed by atoms with Crippen molar-refractivity contribution in [3.63, 3.8) is 0 Å². The standard InChI is InChI=1S/C15H18N4O3/c1-4-18-13(20)11(14(21)19(5-2)15(18)22)9-17-12-7-6-10(3)8-16-12/h6-9,20H,4-5H2,1-3H3. The zero-order valence-electron chi connectivity index (χ0n) is 12.8. The molecule has 0 aliphatic heterocycles. The second kappa shape index (κ2) is 6.38. The van der Waals surface area contributed by atoms with Crippen molar-refractivity contribution in [2.45, 2.75) is 33.9 Å². The van der Waals surface area contributed by atoms with Crippen LogP contribution in [0.1, 0.15) is 25.0 Å². The highest BCUT2D eigenvalue weighted by Gasteiger charge is 2.15. The molecule has 2 aromatic rings. The minimum atomic E-state index is -0.564. The number of aliphatic imine (C=N–C) groups is 1. The minimum Gasteiger partial charge on any atom is -0.494 e. The van der Waals surface area contributed by atoms with E-state index in [9.17, 15) is 14.7 Å². The Hall–Kier alpha value is -2.70. The number of rotatable bonds is 4. The first-order valence-corrected chi connectivity index (χ1v) is 7.02. The monoisotopic (exact) mass is 302 g/mol. The maximum Gasteiger partial charge on any atom is 0.333 e. The molecular formula is C15H18N4O3.